The molecule has 0 spiro atoms. The molecule has 0 amide bonds. The van der Waals surface area contributed by atoms with Crippen LogP contribution in [0.4, 0.5) is 0 Å². The van der Waals surface area contributed by atoms with E-state index in [2.05, 4.69) is 6.92 Å². The standard InChI is InChI=1S/C20H36O6/c1-3-5-6-7-8-9-10-13-25-18(21)11-12-19(22)26-16-20(4-2)14-23-17-24-15-20/h3-17H2,1-2H3. The largest absolute Gasteiger partial charge is 0.466 e. The van der Waals surface area contributed by atoms with E-state index in [0.29, 0.717) is 26.6 Å². The summed E-state index contributed by atoms with van der Waals surface area (Å²) < 4.78 is 21.1. The molecule has 0 aliphatic carbocycles. The van der Waals surface area contributed by atoms with E-state index in [1.807, 2.05) is 6.92 Å². The van der Waals surface area contributed by atoms with E-state index in [4.69, 9.17) is 18.9 Å². The van der Waals surface area contributed by atoms with Crippen LogP contribution in [0.15, 0.2) is 0 Å². The Kier molecular flexibility index (Phi) is 12.3. The van der Waals surface area contributed by atoms with Crippen LogP contribution in [0.25, 0.3) is 0 Å². The van der Waals surface area contributed by atoms with Crippen molar-refractivity contribution in [2.24, 2.45) is 5.41 Å². The van der Waals surface area contributed by atoms with Crippen LogP contribution in [0.3, 0.4) is 0 Å². The zero-order valence-electron chi connectivity index (χ0n) is 16.6. The number of rotatable bonds is 14. The zero-order valence-corrected chi connectivity index (χ0v) is 16.6. The smallest absolute Gasteiger partial charge is 0.306 e. The molecule has 0 aromatic carbocycles. The fraction of sp³-hybridized carbons (Fsp3) is 0.900. The predicted molar refractivity (Wildman–Crippen MR) is 98.6 cm³/mol. The minimum atomic E-state index is -0.378. The van der Waals surface area contributed by atoms with Crippen molar-refractivity contribution in [3.05, 3.63) is 0 Å². The van der Waals surface area contributed by atoms with Crippen molar-refractivity contribution in [3.8, 4) is 0 Å². The quantitative estimate of drug-likeness (QED) is 0.339. The first-order valence-corrected chi connectivity index (χ1v) is 10.1. The number of carbonyl (C=O) groups excluding carboxylic acids is 2. The molecule has 1 aliphatic rings. The summed E-state index contributed by atoms with van der Waals surface area (Å²) in [5, 5.41) is 0. The number of ether oxygens (including phenoxy) is 4. The SMILES string of the molecule is CCCCCCCCCOC(=O)CCC(=O)OCC1(CC)COCOC1. The van der Waals surface area contributed by atoms with E-state index in [1.54, 1.807) is 0 Å². The number of unbranched alkanes of at least 4 members (excludes halogenated alkanes) is 6. The third-order valence-electron chi connectivity index (χ3n) is 4.82. The summed E-state index contributed by atoms with van der Waals surface area (Å²) in [5.74, 6) is -0.709. The van der Waals surface area contributed by atoms with Gasteiger partial charge in [-0.15, -0.1) is 0 Å². The Morgan fingerprint density at radius 1 is 0.846 bits per heavy atom. The average Bonchev–Trinajstić information content (AvgIpc) is 2.67. The van der Waals surface area contributed by atoms with Gasteiger partial charge in [-0.1, -0.05) is 52.4 Å². The topological polar surface area (TPSA) is 71.1 Å². The van der Waals surface area contributed by atoms with Crippen molar-refractivity contribution in [1.29, 1.82) is 0 Å². The molecule has 0 radical (unpaired) electrons. The first-order valence-electron chi connectivity index (χ1n) is 10.1. The molecule has 0 N–H and O–H groups in total. The highest BCUT2D eigenvalue weighted by molar-refractivity contribution is 5.77. The van der Waals surface area contributed by atoms with Crippen molar-refractivity contribution < 1.29 is 28.5 Å². The summed E-state index contributed by atoms with van der Waals surface area (Å²) >= 11 is 0. The third-order valence-corrected chi connectivity index (χ3v) is 4.82. The lowest BCUT2D eigenvalue weighted by molar-refractivity contribution is -0.187. The minimum Gasteiger partial charge on any atom is -0.466 e. The zero-order chi connectivity index (χ0) is 19.1. The molecule has 6 nitrogen and oxygen atoms in total. The number of esters is 2. The molecule has 152 valence electrons. The Labute approximate surface area is 157 Å². The Hall–Kier alpha value is -1.14. The highest BCUT2D eigenvalue weighted by Gasteiger charge is 2.33. The summed E-state index contributed by atoms with van der Waals surface area (Å²) in [6, 6.07) is 0. The van der Waals surface area contributed by atoms with Gasteiger partial charge in [0.25, 0.3) is 0 Å². The summed E-state index contributed by atoms with van der Waals surface area (Å²) in [6.45, 7) is 6.27. The van der Waals surface area contributed by atoms with Crippen LogP contribution in [0.1, 0.15) is 78.1 Å². The first kappa shape index (κ1) is 22.9. The molecule has 0 saturated carbocycles. The van der Waals surface area contributed by atoms with Crippen LogP contribution in [0, 0.1) is 5.41 Å². The van der Waals surface area contributed by atoms with E-state index in [-0.39, 0.29) is 36.8 Å². The lowest BCUT2D eigenvalue weighted by Gasteiger charge is -2.35. The molecule has 26 heavy (non-hydrogen) atoms. The maximum Gasteiger partial charge on any atom is 0.306 e. The summed E-state index contributed by atoms with van der Waals surface area (Å²) in [7, 11) is 0. The second-order valence-electron chi connectivity index (χ2n) is 7.17. The van der Waals surface area contributed by atoms with Gasteiger partial charge < -0.3 is 18.9 Å². The van der Waals surface area contributed by atoms with Gasteiger partial charge in [0.2, 0.25) is 0 Å². The molecule has 6 heteroatoms. The molecular weight excluding hydrogens is 336 g/mol. The van der Waals surface area contributed by atoms with Gasteiger partial charge in [-0.25, -0.2) is 0 Å². The van der Waals surface area contributed by atoms with Gasteiger partial charge in [-0.3, -0.25) is 9.59 Å². The number of carbonyl (C=O) groups is 2. The lowest BCUT2D eigenvalue weighted by Crippen LogP contribution is -2.41. The van der Waals surface area contributed by atoms with E-state index in [1.165, 1.54) is 32.1 Å². The van der Waals surface area contributed by atoms with Crippen LogP contribution >= 0.6 is 0 Å². The van der Waals surface area contributed by atoms with Gasteiger partial charge in [-0.2, -0.15) is 0 Å². The molecular formula is C20H36O6. The van der Waals surface area contributed by atoms with Crippen LogP contribution < -0.4 is 0 Å². The molecule has 0 aromatic heterocycles. The Balaban J connectivity index is 2.02. The average molecular weight is 373 g/mol. The van der Waals surface area contributed by atoms with E-state index in [9.17, 15) is 9.59 Å². The van der Waals surface area contributed by atoms with Crippen molar-refractivity contribution in [3.63, 3.8) is 0 Å². The van der Waals surface area contributed by atoms with E-state index < -0.39 is 0 Å². The van der Waals surface area contributed by atoms with Gasteiger partial charge in [-0.05, 0) is 12.8 Å². The Morgan fingerprint density at radius 3 is 2.04 bits per heavy atom. The van der Waals surface area contributed by atoms with Crippen LogP contribution in [-0.2, 0) is 28.5 Å². The maximum absolute atomic E-state index is 11.8. The third kappa shape index (κ3) is 10.1. The maximum atomic E-state index is 11.8. The second kappa shape index (κ2) is 14.0. The monoisotopic (exact) mass is 372 g/mol. The van der Waals surface area contributed by atoms with E-state index in [0.717, 1.165) is 19.3 Å². The van der Waals surface area contributed by atoms with Crippen molar-refractivity contribution in [2.45, 2.75) is 78.1 Å². The first-order chi connectivity index (χ1) is 12.6. The molecule has 0 unspecified atom stereocenters. The van der Waals surface area contributed by atoms with Crippen LogP contribution in [-0.4, -0.2) is 45.2 Å². The molecule has 1 fully saturated rings. The molecule has 1 heterocycles. The van der Waals surface area contributed by atoms with Gasteiger partial charge in [0.05, 0.1) is 38.1 Å². The fourth-order valence-electron chi connectivity index (χ4n) is 2.83. The summed E-state index contributed by atoms with van der Waals surface area (Å²) in [5.41, 5.74) is -0.272. The second-order valence-corrected chi connectivity index (χ2v) is 7.17. The molecule has 1 aliphatic heterocycles. The Morgan fingerprint density at radius 2 is 1.42 bits per heavy atom. The Bertz CT molecular complexity index is 390. The number of hydrogen-bond donors (Lipinski definition) is 0. The normalized spacial score (nSPS) is 16.2. The van der Waals surface area contributed by atoms with Gasteiger partial charge >= 0.3 is 11.9 Å². The van der Waals surface area contributed by atoms with Crippen LogP contribution in [0.5, 0.6) is 0 Å². The van der Waals surface area contributed by atoms with Crippen molar-refractivity contribution in [2.75, 3.05) is 33.2 Å². The minimum absolute atomic E-state index is 0.0529. The predicted octanol–water partition coefficient (Wildman–Crippen LogP) is 4.00. The fourth-order valence-corrected chi connectivity index (χ4v) is 2.83. The number of hydrogen-bond acceptors (Lipinski definition) is 6. The molecule has 0 atom stereocenters. The summed E-state index contributed by atoms with van der Waals surface area (Å²) in [6.07, 6.45) is 9.18. The van der Waals surface area contributed by atoms with Gasteiger partial charge in [0.1, 0.15) is 13.4 Å². The van der Waals surface area contributed by atoms with Gasteiger partial charge in [0.15, 0.2) is 0 Å². The van der Waals surface area contributed by atoms with Crippen LogP contribution in [0.2, 0.25) is 0 Å². The highest BCUT2D eigenvalue weighted by Crippen LogP contribution is 2.26. The van der Waals surface area contributed by atoms with E-state index >= 15 is 0 Å². The highest BCUT2D eigenvalue weighted by atomic mass is 16.7. The molecule has 0 aromatic rings. The van der Waals surface area contributed by atoms with Crippen molar-refractivity contribution in [1.82, 2.24) is 0 Å². The molecule has 1 rings (SSSR count). The molecule has 0 bridgehead atoms. The lowest BCUT2D eigenvalue weighted by atomic mass is 9.87. The summed E-state index contributed by atoms with van der Waals surface area (Å²) in [4.78, 5) is 23.5. The van der Waals surface area contributed by atoms with Gasteiger partial charge in [0, 0.05) is 0 Å². The van der Waals surface area contributed by atoms with Crippen molar-refractivity contribution >= 4 is 11.9 Å². The molecule has 1 saturated heterocycles.